The molecular formula is C12H14N8O2. The zero-order chi connectivity index (χ0) is 16.4. The van der Waals surface area contributed by atoms with Gasteiger partial charge >= 0.3 is 5.69 Å². The SMILES string of the molecule is [3H]n1ccc(OCc2c(-n3nnn(C)c3=O)cnnc2CC)n1. The molecule has 0 aliphatic heterocycles. The van der Waals surface area contributed by atoms with Gasteiger partial charge in [0.1, 0.15) is 12.3 Å². The molecule has 0 aliphatic rings. The lowest BCUT2D eigenvalue weighted by Gasteiger charge is -2.11. The third-order valence-corrected chi connectivity index (χ3v) is 3.11. The van der Waals surface area contributed by atoms with Gasteiger partial charge in [-0.3, -0.25) is 5.09 Å². The summed E-state index contributed by atoms with van der Waals surface area (Å²) in [5.74, 6) is 0.302. The van der Waals surface area contributed by atoms with Crippen molar-refractivity contribution in [1.82, 2.24) is 40.2 Å². The molecule has 3 heterocycles. The second kappa shape index (κ2) is 5.76. The zero-order valence-electron chi connectivity index (χ0n) is 13.0. The van der Waals surface area contributed by atoms with Gasteiger partial charge in [0.05, 0.1) is 11.9 Å². The fraction of sp³-hybridized carbons (Fsp3) is 0.333. The molecule has 0 saturated carbocycles. The van der Waals surface area contributed by atoms with E-state index in [2.05, 4.69) is 25.7 Å². The van der Waals surface area contributed by atoms with Gasteiger partial charge in [-0.2, -0.15) is 19.6 Å². The van der Waals surface area contributed by atoms with Crippen LogP contribution in [-0.4, -0.2) is 40.2 Å². The summed E-state index contributed by atoms with van der Waals surface area (Å²) in [7, 11) is 1.51. The minimum absolute atomic E-state index is 0.119. The summed E-state index contributed by atoms with van der Waals surface area (Å²) in [5, 5.41) is 20.2. The Morgan fingerprint density at radius 2 is 2.32 bits per heavy atom. The van der Waals surface area contributed by atoms with Gasteiger partial charge in [-0.15, -0.1) is 5.10 Å². The highest BCUT2D eigenvalue weighted by Gasteiger charge is 2.16. The molecule has 3 rings (SSSR count). The van der Waals surface area contributed by atoms with E-state index in [0.717, 1.165) is 14.5 Å². The molecule has 0 unspecified atom stereocenters. The van der Waals surface area contributed by atoms with Crippen molar-refractivity contribution in [3.63, 3.8) is 0 Å². The van der Waals surface area contributed by atoms with E-state index >= 15 is 0 Å². The Balaban J connectivity index is 2.00. The van der Waals surface area contributed by atoms with Crippen LogP contribution in [0.5, 0.6) is 5.88 Å². The highest BCUT2D eigenvalue weighted by atomic mass is 16.5. The van der Waals surface area contributed by atoms with Gasteiger partial charge in [-0.05, 0) is 16.8 Å². The van der Waals surface area contributed by atoms with Crippen LogP contribution in [0, 0.1) is 0 Å². The molecule has 3 aromatic rings. The summed E-state index contributed by atoms with van der Waals surface area (Å²) >= 11 is 0. The Morgan fingerprint density at radius 3 is 2.95 bits per heavy atom. The van der Waals surface area contributed by atoms with E-state index in [1.165, 1.54) is 19.4 Å². The number of hydrogen-bond donors (Lipinski definition) is 1. The Morgan fingerprint density at radius 1 is 1.45 bits per heavy atom. The second-order valence-corrected chi connectivity index (χ2v) is 4.46. The predicted octanol–water partition coefficient (Wildman–Crippen LogP) is -0.380. The number of rotatable bonds is 5. The molecule has 0 aliphatic carbocycles. The first-order chi connectivity index (χ1) is 11.1. The topological polar surface area (TPSA) is 116 Å². The van der Waals surface area contributed by atoms with Crippen molar-refractivity contribution in [2.75, 3.05) is 0 Å². The summed E-state index contributed by atoms with van der Waals surface area (Å²) in [4.78, 5) is 12.1. The highest BCUT2D eigenvalue weighted by molar-refractivity contribution is 5.39. The minimum atomic E-state index is -0.392. The molecule has 0 aromatic carbocycles. The first-order valence-corrected chi connectivity index (χ1v) is 6.60. The Hall–Kier alpha value is -3.04. The van der Waals surface area contributed by atoms with Crippen molar-refractivity contribution in [3.05, 3.63) is 40.2 Å². The largest absolute Gasteiger partial charge is 0.472 e. The molecule has 0 bridgehead atoms. The standard InChI is InChI=1S/C12H14N8O2/c1-3-9-8(7-22-11-4-5-13-16-11)10(6-14-15-9)20-12(21)19(2)17-18-20/h4-6H,3,7H2,1-2H3,(H,13,16)/i/hT. The van der Waals surface area contributed by atoms with E-state index < -0.39 is 5.69 Å². The lowest BCUT2D eigenvalue weighted by atomic mass is 10.1. The van der Waals surface area contributed by atoms with Crippen molar-refractivity contribution in [2.24, 2.45) is 7.05 Å². The van der Waals surface area contributed by atoms with Crippen LogP contribution in [0.1, 0.15) is 18.2 Å². The van der Waals surface area contributed by atoms with Gasteiger partial charge < -0.3 is 4.74 Å². The number of ether oxygens (including phenoxy) is 1. The maximum Gasteiger partial charge on any atom is 0.368 e. The molecule has 1 N–H and O–H groups in total. The maximum atomic E-state index is 12.1. The number of aryl methyl sites for hydroxylation is 2. The summed E-state index contributed by atoms with van der Waals surface area (Å²) in [6, 6.07) is 1.57. The summed E-state index contributed by atoms with van der Waals surface area (Å²) in [5.41, 5.74) is 1.42. The Kier molecular flexibility index (Phi) is 3.32. The average Bonchev–Trinajstić information content (AvgIpc) is 3.11. The van der Waals surface area contributed by atoms with Gasteiger partial charge in [0.25, 0.3) is 0 Å². The first-order valence-electron chi connectivity index (χ1n) is 7.05. The molecule has 0 spiro atoms. The van der Waals surface area contributed by atoms with Gasteiger partial charge in [-0.1, -0.05) is 6.92 Å². The van der Waals surface area contributed by atoms with Crippen LogP contribution in [-0.2, 0) is 20.1 Å². The normalized spacial score (nSPS) is 11.5. The number of nitrogens with one attached hydrogen (secondary N) is 1. The van der Waals surface area contributed by atoms with Crippen LogP contribution in [0.4, 0.5) is 0 Å². The number of hydrogen-bond acceptors (Lipinski definition) is 7. The van der Waals surface area contributed by atoms with Crippen molar-refractivity contribution in [2.45, 2.75) is 20.0 Å². The van der Waals surface area contributed by atoms with Gasteiger partial charge in [0, 0.05) is 24.9 Å². The summed E-state index contributed by atoms with van der Waals surface area (Å²) < 4.78 is 15.2. The van der Waals surface area contributed by atoms with Gasteiger partial charge in [0.15, 0.2) is 1.41 Å². The van der Waals surface area contributed by atoms with Crippen LogP contribution in [0.15, 0.2) is 23.3 Å². The number of tetrazole rings is 1. The van der Waals surface area contributed by atoms with Crippen LogP contribution in [0.3, 0.4) is 0 Å². The number of aromatic nitrogens is 8. The molecule has 0 radical (unpaired) electrons. The second-order valence-electron chi connectivity index (χ2n) is 4.46. The lowest BCUT2D eigenvalue weighted by Crippen LogP contribution is -2.24. The smallest absolute Gasteiger partial charge is 0.368 e. The Bertz CT molecular complexity index is 883. The molecule has 3 aromatic heterocycles. The van der Waals surface area contributed by atoms with Crippen LogP contribution < -0.4 is 10.4 Å². The summed E-state index contributed by atoms with van der Waals surface area (Å²) in [6.07, 6.45) is 3.51. The molecule has 10 heteroatoms. The Labute approximate surface area is 126 Å². The molecule has 0 amide bonds. The fourth-order valence-corrected chi connectivity index (χ4v) is 1.97. The van der Waals surface area contributed by atoms with Crippen molar-refractivity contribution < 1.29 is 6.15 Å². The number of H-pyrrole nitrogens is 1. The predicted molar refractivity (Wildman–Crippen MR) is 74.5 cm³/mol. The molecule has 114 valence electrons. The van der Waals surface area contributed by atoms with E-state index in [4.69, 9.17) is 6.15 Å². The zero-order valence-corrected chi connectivity index (χ0v) is 12.0. The van der Waals surface area contributed by atoms with Crippen molar-refractivity contribution in [1.29, 1.82) is 0 Å². The van der Waals surface area contributed by atoms with Crippen LogP contribution >= 0.6 is 0 Å². The van der Waals surface area contributed by atoms with Crippen molar-refractivity contribution >= 4 is 0 Å². The highest BCUT2D eigenvalue weighted by Crippen LogP contribution is 2.17. The van der Waals surface area contributed by atoms with Gasteiger partial charge in [-0.25, -0.2) is 4.79 Å². The van der Waals surface area contributed by atoms with Crippen LogP contribution in [0.2, 0.25) is 1.41 Å². The number of nitrogens with zero attached hydrogens (tertiary/aromatic N) is 7. The number of aromatic amines is 1. The molecule has 0 atom stereocenters. The fourth-order valence-electron chi connectivity index (χ4n) is 1.97. The van der Waals surface area contributed by atoms with Crippen molar-refractivity contribution in [3.8, 4) is 11.6 Å². The molecule has 0 saturated heterocycles. The summed E-state index contributed by atoms with van der Waals surface area (Å²) in [6.45, 7) is 2.04. The monoisotopic (exact) mass is 304 g/mol. The average molecular weight is 304 g/mol. The van der Waals surface area contributed by atoms with E-state index in [0.29, 0.717) is 29.2 Å². The van der Waals surface area contributed by atoms with Crippen LogP contribution in [0.25, 0.3) is 5.69 Å². The lowest BCUT2D eigenvalue weighted by molar-refractivity contribution is 0.290. The van der Waals surface area contributed by atoms with E-state index in [-0.39, 0.29) is 6.61 Å². The van der Waals surface area contributed by atoms with E-state index in [1.54, 1.807) is 6.07 Å². The molecule has 0 fully saturated rings. The third-order valence-electron chi connectivity index (χ3n) is 3.11. The maximum absolute atomic E-state index is 12.1. The van der Waals surface area contributed by atoms with Gasteiger partial charge in [0.2, 0.25) is 5.88 Å². The quantitative estimate of drug-likeness (QED) is 0.683. The van der Waals surface area contributed by atoms with E-state index in [9.17, 15) is 4.79 Å². The molecule has 10 nitrogen and oxygen atoms in total. The first kappa shape index (κ1) is 12.7. The molecule has 22 heavy (non-hydrogen) atoms. The molecular weight excluding hydrogens is 288 g/mol. The minimum Gasteiger partial charge on any atom is -0.472 e. The van der Waals surface area contributed by atoms with E-state index in [1.807, 2.05) is 6.92 Å². The third kappa shape index (κ3) is 2.45.